The Kier molecular flexibility index (Phi) is 9.69. The van der Waals surface area contributed by atoms with Gasteiger partial charge in [-0.1, -0.05) is 74.5 Å². The molecule has 194 valence electrons. The molecule has 1 aliphatic heterocycles. The van der Waals surface area contributed by atoms with Crippen molar-refractivity contribution in [2.24, 2.45) is 5.92 Å². The van der Waals surface area contributed by atoms with Crippen LogP contribution in [-0.2, 0) is 28.7 Å². The number of rotatable bonds is 11. The third kappa shape index (κ3) is 7.02. The van der Waals surface area contributed by atoms with E-state index >= 15 is 4.39 Å². The standard InChI is InChI=1S/C30H34ClF3O2/c1-2-3-4-5-6-22-18-35-28(36-19-22)14-9-20-8-13-25-24(15-20)12-11-23(30(25)34)10-7-21-16-26(32)29(31)27(33)17-21/h8,11-13,15-17,22,28H,2-7,9-10,14,18-19H2,1H3. The van der Waals surface area contributed by atoms with E-state index in [1.807, 2.05) is 18.2 Å². The lowest BCUT2D eigenvalue weighted by atomic mass is 9.98. The zero-order valence-electron chi connectivity index (χ0n) is 20.8. The number of benzene rings is 3. The van der Waals surface area contributed by atoms with E-state index < -0.39 is 16.7 Å². The van der Waals surface area contributed by atoms with Gasteiger partial charge in [0.15, 0.2) is 6.29 Å². The molecule has 0 N–H and O–H groups in total. The molecule has 0 radical (unpaired) electrons. The summed E-state index contributed by atoms with van der Waals surface area (Å²) in [6.07, 6.45) is 8.24. The number of fused-ring (bicyclic) bond motifs is 1. The molecule has 36 heavy (non-hydrogen) atoms. The number of hydrogen-bond donors (Lipinski definition) is 0. The highest BCUT2D eigenvalue weighted by atomic mass is 35.5. The first-order chi connectivity index (χ1) is 17.4. The van der Waals surface area contributed by atoms with Crippen molar-refractivity contribution in [3.63, 3.8) is 0 Å². The minimum absolute atomic E-state index is 0.186. The summed E-state index contributed by atoms with van der Waals surface area (Å²) in [5, 5.41) is 0.853. The van der Waals surface area contributed by atoms with E-state index in [1.54, 1.807) is 12.1 Å². The Morgan fingerprint density at radius 2 is 1.56 bits per heavy atom. The molecule has 6 heteroatoms. The van der Waals surface area contributed by atoms with Crippen LogP contribution in [0, 0.1) is 23.4 Å². The lowest BCUT2D eigenvalue weighted by Gasteiger charge is -2.29. The summed E-state index contributed by atoms with van der Waals surface area (Å²) in [5.74, 6) is -1.40. The average molecular weight is 519 g/mol. The fourth-order valence-corrected chi connectivity index (χ4v) is 4.94. The second-order valence-electron chi connectivity index (χ2n) is 9.82. The summed E-state index contributed by atoms with van der Waals surface area (Å²) in [6, 6.07) is 11.8. The molecule has 2 nitrogen and oxygen atoms in total. The summed E-state index contributed by atoms with van der Waals surface area (Å²) in [6.45, 7) is 3.75. The van der Waals surface area contributed by atoms with E-state index in [-0.39, 0.29) is 12.1 Å². The van der Waals surface area contributed by atoms with Crippen LogP contribution in [0.4, 0.5) is 13.2 Å². The maximum absolute atomic E-state index is 15.2. The monoisotopic (exact) mass is 518 g/mol. The van der Waals surface area contributed by atoms with Crippen LogP contribution in [0.15, 0.2) is 42.5 Å². The Labute approximate surface area is 216 Å². The third-order valence-corrected chi connectivity index (χ3v) is 7.36. The van der Waals surface area contributed by atoms with Crippen LogP contribution in [0.3, 0.4) is 0 Å². The highest BCUT2D eigenvalue weighted by molar-refractivity contribution is 6.30. The molecule has 0 aliphatic carbocycles. The Balaban J connectivity index is 1.30. The van der Waals surface area contributed by atoms with Gasteiger partial charge < -0.3 is 9.47 Å². The molecule has 0 spiro atoms. The van der Waals surface area contributed by atoms with Crippen LogP contribution in [0.1, 0.15) is 62.1 Å². The van der Waals surface area contributed by atoms with Gasteiger partial charge in [-0.15, -0.1) is 0 Å². The van der Waals surface area contributed by atoms with E-state index in [0.29, 0.717) is 35.3 Å². The van der Waals surface area contributed by atoms with Crippen LogP contribution in [0.5, 0.6) is 0 Å². The Hall–Kier alpha value is -2.08. The summed E-state index contributed by atoms with van der Waals surface area (Å²) in [4.78, 5) is 0. The first-order valence-corrected chi connectivity index (χ1v) is 13.4. The predicted molar refractivity (Wildman–Crippen MR) is 139 cm³/mol. The van der Waals surface area contributed by atoms with Crippen molar-refractivity contribution in [1.29, 1.82) is 0 Å². The van der Waals surface area contributed by atoms with Gasteiger partial charge in [0.1, 0.15) is 22.5 Å². The number of ether oxygens (including phenoxy) is 2. The Morgan fingerprint density at radius 3 is 2.28 bits per heavy atom. The molecule has 1 saturated heterocycles. The first kappa shape index (κ1) is 27.0. The molecule has 0 aromatic heterocycles. The maximum Gasteiger partial charge on any atom is 0.157 e. The molecule has 0 amide bonds. The molecule has 4 rings (SSSR count). The normalized spacial score (nSPS) is 18.1. The Bertz CT molecular complexity index is 1140. The molecule has 0 atom stereocenters. The summed E-state index contributed by atoms with van der Waals surface area (Å²) in [7, 11) is 0. The Morgan fingerprint density at radius 1 is 0.806 bits per heavy atom. The second-order valence-corrected chi connectivity index (χ2v) is 10.2. The maximum atomic E-state index is 15.2. The van der Waals surface area contributed by atoms with Crippen molar-refractivity contribution in [1.82, 2.24) is 0 Å². The van der Waals surface area contributed by atoms with Crippen molar-refractivity contribution in [3.05, 3.63) is 81.6 Å². The molecule has 0 unspecified atom stereocenters. The van der Waals surface area contributed by atoms with E-state index in [9.17, 15) is 8.78 Å². The largest absolute Gasteiger partial charge is 0.352 e. The highest BCUT2D eigenvalue weighted by Crippen LogP contribution is 2.27. The molecule has 0 saturated carbocycles. The minimum atomic E-state index is -0.801. The van der Waals surface area contributed by atoms with Gasteiger partial charge in [0, 0.05) is 17.7 Å². The fraction of sp³-hybridized carbons (Fsp3) is 0.467. The zero-order valence-corrected chi connectivity index (χ0v) is 21.6. The summed E-state index contributed by atoms with van der Waals surface area (Å²) in [5.41, 5.74) is 2.06. The van der Waals surface area contributed by atoms with Crippen LogP contribution in [0.2, 0.25) is 5.02 Å². The van der Waals surface area contributed by atoms with Crippen molar-refractivity contribution in [2.45, 2.75) is 71.0 Å². The molecule has 1 heterocycles. The molecular weight excluding hydrogens is 485 g/mol. The van der Waals surface area contributed by atoms with Crippen molar-refractivity contribution in [2.75, 3.05) is 13.2 Å². The lowest BCUT2D eigenvalue weighted by Crippen LogP contribution is -2.32. The van der Waals surface area contributed by atoms with Crippen LogP contribution in [-0.4, -0.2) is 19.5 Å². The fourth-order valence-electron chi connectivity index (χ4n) is 4.83. The zero-order chi connectivity index (χ0) is 25.5. The van der Waals surface area contributed by atoms with Crippen LogP contribution >= 0.6 is 11.6 Å². The van der Waals surface area contributed by atoms with Crippen molar-refractivity contribution in [3.8, 4) is 0 Å². The highest BCUT2D eigenvalue weighted by Gasteiger charge is 2.22. The van der Waals surface area contributed by atoms with Gasteiger partial charge in [-0.2, -0.15) is 0 Å². The number of halogens is 4. The molecule has 0 bridgehead atoms. The van der Waals surface area contributed by atoms with Gasteiger partial charge in [0.2, 0.25) is 0 Å². The van der Waals surface area contributed by atoms with Crippen LogP contribution < -0.4 is 0 Å². The quantitative estimate of drug-likeness (QED) is 0.187. The minimum Gasteiger partial charge on any atom is -0.352 e. The SMILES string of the molecule is CCCCCCC1COC(CCc2ccc3c(F)c(CCc4cc(F)c(Cl)c(F)c4)ccc3c2)OC1. The van der Waals surface area contributed by atoms with Crippen molar-refractivity contribution < 1.29 is 22.6 Å². The van der Waals surface area contributed by atoms with Gasteiger partial charge in [-0.3, -0.25) is 0 Å². The van der Waals surface area contributed by atoms with E-state index in [0.717, 1.165) is 37.0 Å². The van der Waals surface area contributed by atoms with Crippen molar-refractivity contribution >= 4 is 22.4 Å². The van der Waals surface area contributed by atoms with Gasteiger partial charge in [-0.25, -0.2) is 13.2 Å². The van der Waals surface area contributed by atoms with Gasteiger partial charge >= 0.3 is 0 Å². The molecular formula is C30H34ClF3O2. The van der Waals surface area contributed by atoms with Gasteiger partial charge in [0.05, 0.1) is 13.2 Å². The smallest absolute Gasteiger partial charge is 0.157 e. The third-order valence-electron chi connectivity index (χ3n) is 7.00. The number of hydrogen-bond acceptors (Lipinski definition) is 2. The van der Waals surface area contributed by atoms with Crippen LogP contribution in [0.25, 0.3) is 10.8 Å². The molecule has 3 aromatic carbocycles. The predicted octanol–water partition coefficient (Wildman–Crippen LogP) is 8.59. The average Bonchev–Trinajstić information content (AvgIpc) is 2.88. The molecule has 3 aromatic rings. The first-order valence-electron chi connectivity index (χ1n) is 13.0. The molecule has 1 aliphatic rings. The number of unbranched alkanes of at least 4 members (excludes halogenated alkanes) is 3. The van der Waals surface area contributed by atoms with E-state index in [2.05, 4.69) is 6.92 Å². The second kappa shape index (κ2) is 12.9. The van der Waals surface area contributed by atoms with E-state index in [4.69, 9.17) is 21.1 Å². The lowest BCUT2D eigenvalue weighted by molar-refractivity contribution is -0.203. The summed E-state index contributed by atoms with van der Waals surface area (Å²) < 4.78 is 54.4. The molecule has 1 fully saturated rings. The van der Waals surface area contributed by atoms with E-state index in [1.165, 1.54) is 44.2 Å². The topological polar surface area (TPSA) is 18.5 Å². The summed E-state index contributed by atoms with van der Waals surface area (Å²) >= 11 is 5.54. The van der Waals surface area contributed by atoms with Gasteiger partial charge in [0.25, 0.3) is 0 Å². The number of aryl methyl sites for hydroxylation is 3. The van der Waals surface area contributed by atoms with Gasteiger partial charge in [-0.05, 0) is 59.9 Å².